The number of aryl methyl sites for hydroxylation is 2. The molecule has 0 unspecified atom stereocenters. The van der Waals surface area contributed by atoms with E-state index in [4.69, 9.17) is 4.74 Å². The van der Waals surface area contributed by atoms with Crippen molar-refractivity contribution < 1.29 is 14.6 Å². The number of fused-ring (bicyclic) bond motifs is 1. The number of carbonyl (C=O) groups is 1. The Bertz CT molecular complexity index is 1170. The number of ether oxygens (including phenoxy) is 1. The molecule has 0 bridgehead atoms. The number of carbonyl (C=O) groups excluding carboxylic acids is 1. The van der Waals surface area contributed by atoms with Gasteiger partial charge in [0, 0.05) is 24.4 Å². The molecule has 3 aromatic rings. The number of amides is 1. The molecule has 33 heavy (non-hydrogen) atoms. The Kier molecular flexibility index (Phi) is 6.74. The summed E-state index contributed by atoms with van der Waals surface area (Å²) in [4.78, 5) is 18.1. The van der Waals surface area contributed by atoms with Crippen molar-refractivity contribution >= 4 is 17.5 Å². The molecule has 3 N–H and O–H groups in total. The van der Waals surface area contributed by atoms with Crippen molar-refractivity contribution in [1.29, 1.82) is 0 Å². The predicted molar refractivity (Wildman–Crippen MR) is 127 cm³/mol. The summed E-state index contributed by atoms with van der Waals surface area (Å²) in [5.41, 5.74) is 3.93. The Labute approximate surface area is 193 Å². The third-order valence-electron chi connectivity index (χ3n) is 5.60. The van der Waals surface area contributed by atoms with E-state index in [9.17, 15) is 9.90 Å². The summed E-state index contributed by atoms with van der Waals surface area (Å²) in [5.74, 6) is 1.76. The minimum Gasteiger partial charge on any atom is -0.494 e. The molecule has 1 atom stereocenters. The van der Waals surface area contributed by atoms with Gasteiger partial charge in [0.15, 0.2) is 5.82 Å². The molecule has 8 heteroatoms. The monoisotopic (exact) mass is 447 g/mol. The lowest BCUT2D eigenvalue weighted by Gasteiger charge is -2.29. The fraction of sp³-hybridized carbons (Fsp3) is 0.320. The molecule has 4 rings (SSSR count). The molecule has 0 saturated carbocycles. The van der Waals surface area contributed by atoms with Crippen LogP contribution in [0.25, 0.3) is 0 Å². The van der Waals surface area contributed by atoms with Gasteiger partial charge in [0.2, 0.25) is 5.95 Å². The number of aromatic nitrogens is 3. The van der Waals surface area contributed by atoms with E-state index in [2.05, 4.69) is 20.7 Å². The Morgan fingerprint density at radius 1 is 1.18 bits per heavy atom. The lowest BCUT2D eigenvalue weighted by atomic mass is 9.95. The molecule has 1 aromatic heterocycles. The van der Waals surface area contributed by atoms with Crippen LogP contribution < -0.4 is 15.4 Å². The number of nitrogens with one attached hydrogen (secondary N) is 2. The van der Waals surface area contributed by atoms with Crippen molar-refractivity contribution in [2.45, 2.75) is 39.7 Å². The number of aliphatic hydroxyl groups excluding tert-OH is 1. The van der Waals surface area contributed by atoms with Gasteiger partial charge in [-0.1, -0.05) is 30.3 Å². The Balaban J connectivity index is 1.75. The quantitative estimate of drug-likeness (QED) is 0.485. The van der Waals surface area contributed by atoms with Crippen molar-refractivity contribution in [3.05, 3.63) is 76.8 Å². The number of anilines is 2. The smallest absolute Gasteiger partial charge is 0.255 e. The molecule has 0 radical (unpaired) electrons. The fourth-order valence-corrected chi connectivity index (χ4v) is 3.96. The van der Waals surface area contributed by atoms with E-state index in [-0.39, 0.29) is 12.5 Å². The third-order valence-corrected chi connectivity index (χ3v) is 5.60. The van der Waals surface area contributed by atoms with Crippen LogP contribution in [0.5, 0.6) is 5.75 Å². The molecule has 8 nitrogen and oxygen atoms in total. The van der Waals surface area contributed by atoms with E-state index in [1.54, 1.807) is 4.68 Å². The van der Waals surface area contributed by atoms with Crippen LogP contribution in [-0.2, 0) is 11.2 Å². The number of hydrogen-bond acceptors (Lipinski definition) is 6. The SMILES string of the molecule is CCOc1ccc([C@H]2C(C(=O)Nc3ccccc3C)=C(C)Nc3nc(CCCO)nn32)cc1. The lowest BCUT2D eigenvalue weighted by molar-refractivity contribution is -0.113. The molecule has 0 aliphatic carbocycles. The lowest BCUT2D eigenvalue weighted by Crippen LogP contribution is -2.31. The van der Waals surface area contributed by atoms with Gasteiger partial charge in [-0.2, -0.15) is 10.1 Å². The molecule has 172 valence electrons. The van der Waals surface area contributed by atoms with Gasteiger partial charge in [-0.05, 0) is 56.5 Å². The van der Waals surface area contributed by atoms with Crippen LogP contribution in [0.3, 0.4) is 0 Å². The number of allylic oxidation sites excluding steroid dienone is 1. The van der Waals surface area contributed by atoms with E-state index >= 15 is 0 Å². The minimum absolute atomic E-state index is 0.0704. The van der Waals surface area contributed by atoms with Crippen LogP contribution in [0.15, 0.2) is 59.8 Å². The number of aliphatic hydroxyl groups is 1. The summed E-state index contributed by atoms with van der Waals surface area (Å²) in [7, 11) is 0. The first-order valence-electron chi connectivity index (χ1n) is 11.2. The second kappa shape index (κ2) is 9.87. The first kappa shape index (κ1) is 22.5. The average molecular weight is 448 g/mol. The molecular formula is C25H29N5O3. The number of rotatable bonds is 8. The molecule has 0 spiro atoms. The molecule has 1 aliphatic rings. The zero-order chi connectivity index (χ0) is 23.4. The van der Waals surface area contributed by atoms with Crippen LogP contribution in [0.2, 0.25) is 0 Å². The highest BCUT2D eigenvalue weighted by molar-refractivity contribution is 6.06. The molecule has 1 amide bonds. The second-order valence-electron chi connectivity index (χ2n) is 7.96. The highest BCUT2D eigenvalue weighted by Gasteiger charge is 2.34. The van der Waals surface area contributed by atoms with Crippen LogP contribution in [0.4, 0.5) is 11.6 Å². The summed E-state index contributed by atoms with van der Waals surface area (Å²) in [6, 6.07) is 14.9. The van der Waals surface area contributed by atoms with Gasteiger partial charge >= 0.3 is 0 Å². The van der Waals surface area contributed by atoms with Crippen molar-refractivity contribution in [3.63, 3.8) is 0 Å². The van der Waals surface area contributed by atoms with E-state index < -0.39 is 6.04 Å². The summed E-state index contributed by atoms with van der Waals surface area (Å²) in [6.07, 6.45) is 1.13. The van der Waals surface area contributed by atoms with Crippen LogP contribution >= 0.6 is 0 Å². The Morgan fingerprint density at radius 3 is 2.64 bits per heavy atom. The maximum atomic E-state index is 13.5. The number of benzene rings is 2. The maximum absolute atomic E-state index is 13.5. The molecule has 1 aliphatic heterocycles. The van der Waals surface area contributed by atoms with Gasteiger partial charge in [0.1, 0.15) is 11.8 Å². The predicted octanol–water partition coefficient (Wildman–Crippen LogP) is 3.84. The topological polar surface area (TPSA) is 101 Å². The normalized spacial score (nSPS) is 15.1. The van der Waals surface area contributed by atoms with Crippen LogP contribution in [0.1, 0.15) is 43.3 Å². The third kappa shape index (κ3) is 4.75. The molecule has 0 fully saturated rings. The highest BCUT2D eigenvalue weighted by atomic mass is 16.5. The largest absolute Gasteiger partial charge is 0.494 e. The first-order chi connectivity index (χ1) is 16.0. The first-order valence-corrected chi connectivity index (χ1v) is 11.2. The van der Waals surface area contributed by atoms with E-state index in [0.29, 0.717) is 42.5 Å². The van der Waals surface area contributed by atoms with Gasteiger partial charge in [-0.25, -0.2) is 4.68 Å². The summed E-state index contributed by atoms with van der Waals surface area (Å²) >= 11 is 0. The maximum Gasteiger partial charge on any atom is 0.255 e. The van der Waals surface area contributed by atoms with Gasteiger partial charge in [-0.15, -0.1) is 0 Å². The van der Waals surface area contributed by atoms with Crippen molar-refractivity contribution in [2.24, 2.45) is 0 Å². The number of nitrogens with zero attached hydrogens (tertiary/aromatic N) is 3. The molecular weight excluding hydrogens is 418 g/mol. The summed E-state index contributed by atoms with van der Waals surface area (Å²) in [6.45, 7) is 6.43. The van der Waals surface area contributed by atoms with Crippen molar-refractivity contribution in [2.75, 3.05) is 23.8 Å². The summed E-state index contributed by atoms with van der Waals surface area (Å²) < 4.78 is 7.34. The van der Waals surface area contributed by atoms with Gasteiger partial charge in [0.05, 0.1) is 12.2 Å². The fourth-order valence-electron chi connectivity index (χ4n) is 3.96. The van der Waals surface area contributed by atoms with Crippen molar-refractivity contribution in [1.82, 2.24) is 14.8 Å². The van der Waals surface area contributed by atoms with E-state index in [1.807, 2.05) is 69.3 Å². The molecule has 0 saturated heterocycles. The Morgan fingerprint density at radius 2 is 1.94 bits per heavy atom. The van der Waals surface area contributed by atoms with Crippen molar-refractivity contribution in [3.8, 4) is 5.75 Å². The standard InChI is InChI=1S/C25H29N5O3/c1-4-33-19-13-11-18(12-14-19)23-22(24(32)27-20-9-6-5-8-16(20)2)17(3)26-25-28-21(10-7-15-31)29-30(23)25/h5-6,8-9,11-14,23,31H,4,7,10,15H2,1-3H3,(H,27,32)(H,26,28,29)/t23-/m0/s1. The Hall–Kier alpha value is -3.65. The zero-order valence-electron chi connectivity index (χ0n) is 19.1. The zero-order valence-corrected chi connectivity index (χ0v) is 19.1. The highest BCUT2D eigenvalue weighted by Crippen LogP contribution is 2.36. The van der Waals surface area contributed by atoms with E-state index in [0.717, 1.165) is 22.6 Å². The van der Waals surface area contributed by atoms with Crippen LogP contribution in [-0.4, -0.2) is 39.0 Å². The number of hydrogen-bond donors (Lipinski definition) is 3. The van der Waals surface area contributed by atoms with Gasteiger partial charge in [0.25, 0.3) is 5.91 Å². The number of para-hydroxylation sites is 1. The summed E-state index contributed by atoms with van der Waals surface area (Å²) in [5, 5.41) is 20.2. The molecule has 2 heterocycles. The average Bonchev–Trinajstić information content (AvgIpc) is 3.21. The minimum atomic E-state index is -0.462. The van der Waals surface area contributed by atoms with Crippen LogP contribution in [0, 0.1) is 6.92 Å². The second-order valence-corrected chi connectivity index (χ2v) is 7.96. The molecule has 2 aromatic carbocycles. The van der Waals surface area contributed by atoms with Gasteiger partial charge < -0.3 is 20.5 Å². The van der Waals surface area contributed by atoms with Gasteiger partial charge in [-0.3, -0.25) is 4.79 Å². The van der Waals surface area contributed by atoms with E-state index in [1.165, 1.54) is 0 Å².